The van der Waals surface area contributed by atoms with Crippen LogP contribution in [0.2, 0.25) is 0 Å². The minimum atomic E-state index is -0.867. The van der Waals surface area contributed by atoms with Crippen molar-refractivity contribution in [2.75, 3.05) is 0 Å². The van der Waals surface area contributed by atoms with Gasteiger partial charge in [-0.3, -0.25) is 0 Å². The Morgan fingerprint density at radius 1 is 1.40 bits per heavy atom. The largest absolute Gasteiger partial charge is 0.478 e. The predicted octanol–water partition coefficient (Wildman–Crippen LogP) is 3.67. The molecule has 0 spiro atoms. The topological polar surface area (TPSA) is 37.3 Å². The second-order valence-corrected chi connectivity index (χ2v) is 5.06. The van der Waals surface area contributed by atoms with Crippen LogP contribution in [-0.2, 0) is 0 Å². The monoisotopic (exact) mass is 224 g/mol. The molecule has 0 aliphatic heterocycles. The predicted molar refractivity (Wildman–Crippen MR) is 63.6 cm³/mol. The Kier molecular flexibility index (Phi) is 4.69. The van der Waals surface area contributed by atoms with Crippen LogP contribution >= 0.6 is 11.8 Å². The SMILES string of the molecule is CCCC(C)Sc1ccc(C(=O)O)cc1. The van der Waals surface area contributed by atoms with Crippen LogP contribution in [0.1, 0.15) is 37.0 Å². The van der Waals surface area contributed by atoms with Gasteiger partial charge in [0.1, 0.15) is 0 Å². The van der Waals surface area contributed by atoms with Gasteiger partial charge in [-0.2, -0.15) is 0 Å². The Hall–Kier alpha value is -0.960. The summed E-state index contributed by atoms with van der Waals surface area (Å²) in [7, 11) is 0. The van der Waals surface area contributed by atoms with Crippen LogP contribution in [0.5, 0.6) is 0 Å². The fourth-order valence-electron chi connectivity index (χ4n) is 1.37. The molecule has 0 amide bonds. The molecule has 0 saturated carbocycles. The molecule has 1 atom stereocenters. The summed E-state index contributed by atoms with van der Waals surface area (Å²) in [6.45, 7) is 4.36. The molecule has 0 aliphatic carbocycles. The number of hydrogen-bond acceptors (Lipinski definition) is 2. The summed E-state index contributed by atoms with van der Waals surface area (Å²) >= 11 is 1.80. The van der Waals surface area contributed by atoms with E-state index in [0.717, 1.165) is 4.90 Å². The van der Waals surface area contributed by atoms with E-state index in [4.69, 9.17) is 5.11 Å². The summed E-state index contributed by atoms with van der Waals surface area (Å²) in [4.78, 5) is 11.8. The summed E-state index contributed by atoms with van der Waals surface area (Å²) < 4.78 is 0. The van der Waals surface area contributed by atoms with E-state index in [9.17, 15) is 4.79 Å². The van der Waals surface area contributed by atoms with Crippen LogP contribution in [-0.4, -0.2) is 16.3 Å². The fourth-order valence-corrected chi connectivity index (χ4v) is 2.49. The van der Waals surface area contributed by atoms with Gasteiger partial charge >= 0.3 is 5.97 Å². The molecule has 1 aromatic rings. The van der Waals surface area contributed by atoms with Crippen molar-refractivity contribution in [2.45, 2.75) is 36.8 Å². The number of carboxylic acid groups (broad SMARTS) is 1. The van der Waals surface area contributed by atoms with E-state index in [0.29, 0.717) is 10.8 Å². The van der Waals surface area contributed by atoms with Gasteiger partial charge in [-0.15, -0.1) is 11.8 Å². The Bertz CT molecular complexity index is 319. The third-order valence-electron chi connectivity index (χ3n) is 2.13. The van der Waals surface area contributed by atoms with Gasteiger partial charge in [0.25, 0.3) is 0 Å². The van der Waals surface area contributed by atoms with Crippen LogP contribution in [0.3, 0.4) is 0 Å². The lowest BCUT2D eigenvalue weighted by molar-refractivity contribution is 0.0697. The van der Waals surface area contributed by atoms with Crippen molar-refractivity contribution >= 4 is 17.7 Å². The van der Waals surface area contributed by atoms with E-state index >= 15 is 0 Å². The van der Waals surface area contributed by atoms with Gasteiger partial charge in [0.15, 0.2) is 0 Å². The number of hydrogen-bond donors (Lipinski definition) is 1. The van der Waals surface area contributed by atoms with Crippen molar-refractivity contribution in [1.82, 2.24) is 0 Å². The van der Waals surface area contributed by atoms with E-state index in [1.54, 1.807) is 23.9 Å². The highest BCUT2D eigenvalue weighted by atomic mass is 32.2. The molecule has 0 bridgehead atoms. The second kappa shape index (κ2) is 5.81. The molecule has 1 N–H and O–H groups in total. The molecule has 0 saturated heterocycles. The number of benzene rings is 1. The summed E-state index contributed by atoms with van der Waals surface area (Å²) in [5.41, 5.74) is 0.350. The molecule has 1 rings (SSSR count). The lowest BCUT2D eigenvalue weighted by Crippen LogP contribution is -1.96. The van der Waals surface area contributed by atoms with E-state index < -0.39 is 5.97 Å². The second-order valence-electron chi connectivity index (χ2n) is 3.55. The zero-order valence-corrected chi connectivity index (χ0v) is 9.88. The normalized spacial score (nSPS) is 12.4. The maximum atomic E-state index is 10.6. The molecular weight excluding hydrogens is 208 g/mol. The van der Waals surface area contributed by atoms with E-state index in [2.05, 4.69) is 13.8 Å². The standard InChI is InChI=1S/C12H16O2S/c1-3-4-9(2)15-11-7-5-10(6-8-11)12(13)14/h5-9H,3-4H2,1-2H3,(H,13,14). The van der Waals surface area contributed by atoms with Crippen LogP contribution in [0.25, 0.3) is 0 Å². The van der Waals surface area contributed by atoms with E-state index in [1.807, 2.05) is 12.1 Å². The highest BCUT2D eigenvalue weighted by Gasteiger charge is 2.05. The Balaban J connectivity index is 2.60. The minimum Gasteiger partial charge on any atom is -0.478 e. The average Bonchev–Trinajstić information content (AvgIpc) is 2.18. The fraction of sp³-hybridized carbons (Fsp3) is 0.417. The van der Waals surface area contributed by atoms with Crippen LogP contribution < -0.4 is 0 Å². The van der Waals surface area contributed by atoms with Crippen LogP contribution in [0.15, 0.2) is 29.2 Å². The lowest BCUT2D eigenvalue weighted by Gasteiger charge is -2.09. The molecule has 3 heteroatoms. The zero-order valence-electron chi connectivity index (χ0n) is 9.06. The molecule has 0 aliphatic rings. The van der Waals surface area contributed by atoms with E-state index in [1.165, 1.54) is 12.8 Å². The Morgan fingerprint density at radius 3 is 2.47 bits per heavy atom. The van der Waals surface area contributed by atoms with Crippen LogP contribution in [0.4, 0.5) is 0 Å². The number of carbonyl (C=O) groups is 1. The van der Waals surface area contributed by atoms with Gasteiger partial charge < -0.3 is 5.11 Å². The number of carboxylic acids is 1. The Labute approximate surface area is 94.7 Å². The lowest BCUT2D eigenvalue weighted by atomic mass is 10.2. The number of aromatic carboxylic acids is 1. The summed E-state index contributed by atoms with van der Waals surface area (Å²) in [5, 5.41) is 9.32. The maximum absolute atomic E-state index is 10.6. The maximum Gasteiger partial charge on any atom is 0.335 e. The molecule has 15 heavy (non-hydrogen) atoms. The molecule has 1 aromatic carbocycles. The summed E-state index contributed by atoms with van der Waals surface area (Å²) in [6, 6.07) is 7.06. The first-order chi connectivity index (χ1) is 7.13. The molecule has 0 heterocycles. The summed E-state index contributed by atoms with van der Waals surface area (Å²) in [5.74, 6) is -0.867. The first-order valence-electron chi connectivity index (χ1n) is 5.13. The van der Waals surface area contributed by atoms with Gasteiger partial charge in [-0.1, -0.05) is 20.3 Å². The van der Waals surface area contributed by atoms with Gasteiger partial charge in [0, 0.05) is 10.1 Å². The summed E-state index contributed by atoms with van der Waals surface area (Å²) in [6.07, 6.45) is 2.37. The van der Waals surface area contributed by atoms with Crippen LogP contribution in [0, 0.1) is 0 Å². The average molecular weight is 224 g/mol. The smallest absolute Gasteiger partial charge is 0.335 e. The number of rotatable bonds is 5. The third kappa shape index (κ3) is 3.96. The van der Waals surface area contributed by atoms with Crippen molar-refractivity contribution in [2.24, 2.45) is 0 Å². The Morgan fingerprint density at radius 2 is 2.00 bits per heavy atom. The molecule has 0 fully saturated rings. The van der Waals surface area contributed by atoms with Crippen molar-refractivity contribution in [3.63, 3.8) is 0 Å². The molecule has 0 aromatic heterocycles. The van der Waals surface area contributed by atoms with Gasteiger partial charge in [0.05, 0.1) is 5.56 Å². The van der Waals surface area contributed by atoms with Gasteiger partial charge in [0.2, 0.25) is 0 Å². The van der Waals surface area contributed by atoms with Gasteiger partial charge in [-0.05, 0) is 30.7 Å². The van der Waals surface area contributed by atoms with Crippen molar-refractivity contribution in [1.29, 1.82) is 0 Å². The molecule has 1 unspecified atom stereocenters. The van der Waals surface area contributed by atoms with Crippen molar-refractivity contribution in [3.8, 4) is 0 Å². The van der Waals surface area contributed by atoms with Crippen molar-refractivity contribution < 1.29 is 9.90 Å². The van der Waals surface area contributed by atoms with E-state index in [-0.39, 0.29) is 0 Å². The quantitative estimate of drug-likeness (QED) is 0.775. The molecular formula is C12H16O2S. The zero-order chi connectivity index (χ0) is 11.3. The molecule has 0 radical (unpaired) electrons. The number of thioether (sulfide) groups is 1. The molecule has 82 valence electrons. The van der Waals surface area contributed by atoms with Gasteiger partial charge in [-0.25, -0.2) is 4.79 Å². The molecule has 2 nitrogen and oxygen atoms in total. The minimum absolute atomic E-state index is 0.350. The highest BCUT2D eigenvalue weighted by Crippen LogP contribution is 2.25. The first-order valence-corrected chi connectivity index (χ1v) is 6.01. The third-order valence-corrected chi connectivity index (χ3v) is 3.32. The highest BCUT2D eigenvalue weighted by molar-refractivity contribution is 7.99. The first kappa shape index (κ1) is 12.1. The van der Waals surface area contributed by atoms with Crippen molar-refractivity contribution in [3.05, 3.63) is 29.8 Å².